The Bertz CT molecular complexity index is 632. The van der Waals surface area contributed by atoms with Gasteiger partial charge in [0.2, 0.25) is 10.0 Å². The quantitative estimate of drug-likeness (QED) is 0.836. The molecule has 0 unspecified atom stereocenters. The minimum Gasteiger partial charge on any atom is -0.377 e. The van der Waals surface area contributed by atoms with Crippen molar-refractivity contribution < 1.29 is 17.5 Å². The number of sulfonamides is 1. The van der Waals surface area contributed by atoms with Gasteiger partial charge in [0, 0.05) is 32.8 Å². The lowest BCUT2D eigenvalue weighted by molar-refractivity contribution is 0.0749. The third-order valence-electron chi connectivity index (χ3n) is 4.49. The normalized spacial score (nSPS) is 24.7. The molecular formula is C16H23FN2O3S. The minimum absolute atomic E-state index is 0.229. The van der Waals surface area contributed by atoms with E-state index in [-0.39, 0.29) is 11.0 Å². The first-order valence-corrected chi connectivity index (χ1v) is 9.60. The summed E-state index contributed by atoms with van der Waals surface area (Å²) in [6.45, 7) is 4.01. The molecule has 0 aliphatic carbocycles. The molecule has 0 bridgehead atoms. The molecule has 2 saturated heterocycles. The van der Waals surface area contributed by atoms with Crippen LogP contribution < -0.4 is 0 Å². The molecule has 0 amide bonds. The van der Waals surface area contributed by atoms with Crippen LogP contribution >= 0.6 is 0 Å². The Balaban J connectivity index is 1.66. The van der Waals surface area contributed by atoms with Crippen molar-refractivity contribution in [2.75, 3.05) is 39.3 Å². The van der Waals surface area contributed by atoms with E-state index in [9.17, 15) is 12.8 Å². The molecule has 0 radical (unpaired) electrons. The number of halogens is 1. The van der Waals surface area contributed by atoms with Gasteiger partial charge in [-0.05, 0) is 37.9 Å². The third-order valence-corrected chi connectivity index (χ3v) is 6.42. The zero-order valence-corrected chi connectivity index (χ0v) is 14.0. The number of hydrogen-bond acceptors (Lipinski definition) is 4. The van der Waals surface area contributed by atoms with E-state index in [0.717, 1.165) is 39.0 Å². The largest absolute Gasteiger partial charge is 0.377 e. The summed E-state index contributed by atoms with van der Waals surface area (Å²) in [7, 11) is -3.77. The molecule has 0 aromatic heterocycles. The fourth-order valence-corrected chi connectivity index (χ4v) is 4.77. The second-order valence-electron chi connectivity index (χ2n) is 6.12. The summed E-state index contributed by atoms with van der Waals surface area (Å²) in [5.74, 6) is -0.687. The highest BCUT2D eigenvalue weighted by Crippen LogP contribution is 2.21. The summed E-state index contributed by atoms with van der Waals surface area (Å²) in [6.07, 6.45) is 3.20. The lowest BCUT2D eigenvalue weighted by Gasteiger charge is -2.24. The minimum atomic E-state index is -3.77. The summed E-state index contributed by atoms with van der Waals surface area (Å²) >= 11 is 0. The predicted molar refractivity (Wildman–Crippen MR) is 85.2 cm³/mol. The van der Waals surface area contributed by atoms with Crippen molar-refractivity contribution in [1.29, 1.82) is 0 Å². The van der Waals surface area contributed by atoms with Gasteiger partial charge >= 0.3 is 0 Å². The Morgan fingerprint density at radius 1 is 1.13 bits per heavy atom. The molecule has 0 N–H and O–H groups in total. The van der Waals surface area contributed by atoms with Crippen LogP contribution in [0.5, 0.6) is 0 Å². The Kier molecular flexibility index (Phi) is 5.31. The van der Waals surface area contributed by atoms with Crippen molar-refractivity contribution in [3.8, 4) is 0 Å². The van der Waals surface area contributed by atoms with Gasteiger partial charge in [-0.25, -0.2) is 12.8 Å². The van der Waals surface area contributed by atoms with Crippen LogP contribution in [0.1, 0.15) is 19.3 Å². The molecule has 1 aromatic carbocycles. The van der Waals surface area contributed by atoms with Crippen LogP contribution in [0, 0.1) is 5.82 Å². The van der Waals surface area contributed by atoms with Gasteiger partial charge < -0.3 is 4.74 Å². The van der Waals surface area contributed by atoms with Crippen LogP contribution in [-0.4, -0.2) is 63.1 Å². The molecule has 0 saturated carbocycles. The number of hydrogen-bond donors (Lipinski definition) is 0. The van der Waals surface area contributed by atoms with E-state index in [4.69, 9.17) is 4.74 Å². The van der Waals surface area contributed by atoms with Crippen LogP contribution in [0.2, 0.25) is 0 Å². The molecule has 2 aliphatic heterocycles. The Labute approximate surface area is 137 Å². The molecule has 5 nitrogen and oxygen atoms in total. The summed E-state index contributed by atoms with van der Waals surface area (Å²) < 4.78 is 46.2. The topological polar surface area (TPSA) is 49.9 Å². The van der Waals surface area contributed by atoms with Crippen molar-refractivity contribution in [3.63, 3.8) is 0 Å². The Morgan fingerprint density at radius 3 is 2.70 bits per heavy atom. The zero-order valence-electron chi connectivity index (χ0n) is 13.2. The maximum Gasteiger partial charge on any atom is 0.246 e. The summed E-state index contributed by atoms with van der Waals surface area (Å²) in [5, 5.41) is 0. The number of benzene rings is 1. The Morgan fingerprint density at radius 2 is 1.96 bits per heavy atom. The van der Waals surface area contributed by atoms with Gasteiger partial charge in [-0.2, -0.15) is 4.31 Å². The van der Waals surface area contributed by atoms with E-state index < -0.39 is 15.8 Å². The average molecular weight is 342 g/mol. The van der Waals surface area contributed by atoms with Crippen LogP contribution in [0.15, 0.2) is 29.2 Å². The van der Waals surface area contributed by atoms with E-state index in [1.165, 1.54) is 22.5 Å². The molecule has 128 valence electrons. The average Bonchev–Trinajstić information content (AvgIpc) is 2.91. The van der Waals surface area contributed by atoms with E-state index in [0.29, 0.717) is 19.6 Å². The van der Waals surface area contributed by atoms with Gasteiger partial charge in [0.15, 0.2) is 0 Å². The molecule has 2 heterocycles. The SMILES string of the molecule is O=S(=O)(c1ccccc1F)N1CCCN(C[C@H]2CCCO2)CC1. The lowest BCUT2D eigenvalue weighted by atomic mass is 10.2. The number of rotatable bonds is 4. The maximum atomic E-state index is 13.9. The fraction of sp³-hybridized carbons (Fsp3) is 0.625. The zero-order chi connectivity index (χ0) is 16.3. The Hall–Kier alpha value is -1.02. The van der Waals surface area contributed by atoms with Crippen molar-refractivity contribution in [2.24, 2.45) is 0 Å². The van der Waals surface area contributed by atoms with E-state index >= 15 is 0 Å². The maximum absolute atomic E-state index is 13.9. The van der Waals surface area contributed by atoms with Crippen molar-refractivity contribution in [1.82, 2.24) is 9.21 Å². The van der Waals surface area contributed by atoms with Gasteiger partial charge in [0.05, 0.1) is 6.10 Å². The molecule has 7 heteroatoms. The van der Waals surface area contributed by atoms with Gasteiger partial charge in [0.1, 0.15) is 10.7 Å². The monoisotopic (exact) mass is 342 g/mol. The first kappa shape index (κ1) is 16.8. The van der Waals surface area contributed by atoms with Gasteiger partial charge in [-0.15, -0.1) is 0 Å². The first-order valence-electron chi connectivity index (χ1n) is 8.16. The van der Waals surface area contributed by atoms with E-state index in [1.54, 1.807) is 6.07 Å². The van der Waals surface area contributed by atoms with Crippen molar-refractivity contribution in [2.45, 2.75) is 30.3 Å². The third kappa shape index (κ3) is 3.91. The molecule has 1 atom stereocenters. The second kappa shape index (κ2) is 7.25. The summed E-state index contributed by atoms with van der Waals surface area (Å²) in [6, 6.07) is 5.58. The highest BCUT2D eigenvalue weighted by atomic mass is 32.2. The highest BCUT2D eigenvalue weighted by Gasteiger charge is 2.29. The number of ether oxygens (including phenoxy) is 1. The standard InChI is InChI=1S/C16H23FN2O3S/c17-15-6-1-2-7-16(15)23(20,21)19-9-4-8-18(10-11-19)13-14-5-3-12-22-14/h1-2,6-7,14H,3-5,8-13H2/t14-/m1/s1. The van der Waals surface area contributed by atoms with Crippen LogP contribution in [0.25, 0.3) is 0 Å². The summed E-state index contributed by atoms with van der Waals surface area (Å²) in [4.78, 5) is 2.03. The van der Waals surface area contributed by atoms with E-state index in [1.807, 2.05) is 0 Å². The predicted octanol–water partition coefficient (Wildman–Crippen LogP) is 1.70. The smallest absolute Gasteiger partial charge is 0.246 e. The van der Waals surface area contributed by atoms with Crippen LogP contribution in [0.4, 0.5) is 4.39 Å². The second-order valence-corrected chi connectivity index (χ2v) is 8.03. The summed E-state index contributed by atoms with van der Waals surface area (Å²) in [5.41, 5.74) is 0. The molecule has 0 spiro atoms. The van der Waals surface area contributed by atoms with Crippen LogP contribution in [-0.2, 0) is 14.8 Å². The van der Waals surface area contributed by atoms with E-state index in [2.05, 4.69) is 4.90 Å². The fourth-order valence-electron chi connectivity index (χ4n) is 3.24. The van der Waals surface area contributed by atoms with Crippen molar-refractivity contribution in [3.05, 3.63) is 30.1 Å². The van der Waals surface area contributed by atoms with Gasteiger partial charge in [-0.1, -0.05) is 12.1 Å². The van der Waals surface area contributed by atoms with Gasteiger partial charge in [0.25, 0.3) is 0 Å². The molecular weight excluding hydrogens is 319 g/mol. The van der Waals surface area contributed by atoms with Gasteiger partial charge in [-0.3, -0.25) is 4.90 Å². The molecule has 2 aliphatic rings. The van der Waals surface area contributed by atoms with Crippen LogP contribution in [0.3, 0.4) is 0 Å². The lowest BCUT2D eigenvalue weighted by Crippen LogP contribution is -2.37. The number of nitrogens with zero attached hydrogens (tertiary/aromatic N) is 2. The first-order chi connectivity index (χ1) is 11.1. The molecule has 3 rings (SSSR count). The molecule has 2 fully saturated rings. The molecule has 23 heavy (non-hydrogen) atoms. The highest BCUT2D eigenvalue weighted by molar-refractivity contribution is 7.89. The van der Waals surface area contributed by atoms with Crippen molar-refractivity contribution >= 4 is 10.0 Å². The molecule has 1 aromatic rings.